The van der Waals surface area contributed by atoms with Crippen molar-refractivity contribution in [1.82, 2.24) is 9.63 Å². The molecule has 10 heavy (non-hydrogen) atoms. The lowest BCUT2D eigenvalue weighted by Gasteiger charge is -2.25. The van der Waals surface area contributed by atoms with Gasteiger partial charge in [0.15, 0.2) is 9.12 Å². The lowest BCUT2D eigenvalue weighted by molar-refractivity contribution is 0.717. The minimum absolute atomic E-state index is 0.163. The van der Waals surface area contributed by atoms with Crippen LogP contribution >= 0.6 is 0 Å². The minimum Gasteiger partial charge on any atom is -0.355 e. The van der Waals surface area contributed by atoms with Gasteiger partial charge in [0.05, 0.1) is 9.68 Å². The van der Waals surface area contributed by atoms with Crippen molar-refractivity contribution < 1.29 is 0 Å². The lowest BCUT2D eigenvalue weighted by Crippen LogP contribution is -2.55. The average Bonchev–Trinajstić information content (AvgIpc) is 1.91. The molecule has 0 aromatic rings. The zero-order valence-electron chi connectivity index (χ0n) is 7.57. The Morgan fingerprint density at radius 1 is 1.50 bits per heavy atom. The van der Waals surface area contributed by atoms with Crippen molar-refractivity contribution in [3.8, 4) is 0 Å². The molecule has 1 rings (SSSR count). The first kappa shape index (κ1) is 10.4. The molecule has 0 saturated carbocycles. The van der Waals surface area contributed by atoms with E-state index in [-0.39, 0.29) is 9.68 Å². The van der Waals surface area contributed by atoms with Gasteiger partial charge in [-0.15, -0.1) is 0 Å². The summed E-state index contributed by atoms with van der Waals surface area (Å²) in [7, 11) is -0.428. The molecule has 1 saturated heterocycles. The maximum absolute atomic E-state index is 3.58. The van der Waals surface area contributed by atoms with Crippen LogP contribution in [-0.4, -0.2) is 24.8 Å². The molecule has 0 bridgehead atoms. The topological polar surface area (TPSA) is 24.1 Å². The molecule has 2 N–H and O–H groups in total. The van der Waals surface area contributed by atoms with Crippen molar-refractivity contribution in [2.75, 3.05) is 0 Å². The molecule has 0 aliphatic carbocycles. The van der Waals surface area contributed by atoms with E-state index in [4.69, 9.17) is 0 Å². The fraction of sp³-hybridized carbons (Fsp3) is 1.00. The number of hydrogen-bond donors (Lipinski definition) is 2. The summed E-state index contributed by atoms with van der Waals surface area (Å²) in [5.74, 6) is 0. The third-order valence-corrected chi connectivity index (χ3v) is 7.39. The van der Waals surface area contributed by atoms with Crippen LogP contribution < -0.4 is 9.63 Å². The van der Waals surface area contributed by atoms with E-state index in [0.29, 0.717) is 0 Å². The Morgan fingerprint density at radius 3 is 2.40 bits per heavy atom. The second kappa shape index (κ2) is 6.09. The van der Waals surface area contributed by atoms with Crippen LogP contribution in [0.2, 0.25) is 12.6 Å². The third kappa shape index (κ3) is 4.21. The highest BCUT2D eigenvalue weighted by molar-refractivity contribution is 6.63. The maximum Gasteiger partial charge on any atom is 0.174 e. The number of rotatable bonds is 0. The molecule has 1 heterocycles. The summed E-state index contributed by atoms with van der Waals surface area (Å²) in [6, 6.07) is 2.25. The Morgan fingerprint density at radius 2 is 2.10 bits per heavy atom. The second-order valence-electron chi connectivity index (χ2n) is 2.53. The van der Waals surface area contributed by atoms with E-state index in [0.717, 1.165) is 6.04 Å². The average molecular weight is 176 g/mol. The fourth-order valence-corrected chi connectivity index (χ4v) is 5.91. The standard InChI is InChI=1S/C4H14N2Si2.C2H6/c1-4-3-7-6-8(2)5-4;1-2/h4-6,8H,3,7H2,1-2H3;1-2H3. The summed E-state index contributed by atoms with van der Waals surface area (Å²) in [5.41, 5.74) is 0. The van der Waals surface area contributed by atoms with Gasteiger partial charge in [-0.05, 0) is 18.6 Å². The molecule has 0 amide bonds. The zero-order chi connectivity index (χ0) is 7.98. The highest BCUT2D eigenvalue weighted by Crippen LogP contribution is 1.93. The van der Waals surface area contributed by atoms with Gasteiger partial charge in [0.25, 0.3) is 0 Å². The van der Waals surface area contributed by atoms with Crippen molar-refractivity contribution in [2.45, 2.75) is 39.4 Å². The molecule has 1 fully saturated rings. The monoisotopic (exact) mass is 176 g/mol. The van der Waals surface area contributed by atoms with Crippen LogP contribution in [-0.2, 0) is 0 Å². The van der Waals surface area contributed by atoms with Crippen LogP contribution in [0, 0.1) is 0 Å². The fourth-order valence-electron chi connectivity index (χ4n) is 1.09. The van der Waals surface area contributed by atoms with E-state index < -0.39 is 9.12 Å². The van der Waals surface area contributed by atoms with E-state index >= 15 is 0 Å². The first-order valence-corrected chi connectivity index (χ1v) is 8.30. The summed E-state index contributed by atoms with van der Waals surface area (Å²) in [6.45, 7) is 8.61. The Hall–Kier alpha value is 0.354. The summed E-state index contributed by atoms with van der Waals surface area (Å²) in [5, 5.41) is 0. The van der Waals surface area contributed by atoms with Gasteiger partial charge in [0, 0.05) is 0 Å². The largest absolute Gasteiger partial charge is 0.355 e. The Labute approximate surface area is 68.5 Å². The van der Waals surface area contributed by atoms with Gasteiger partial charge in [0.2, 0.25) is 0 Å². The summed E-state index contributed by atoms with van der Waals surface area (Å²) < 4.78 is 3.58. The zero-order valence-corrected chi connectivity index (χ0v) is 10.1. The molecule has 1 aliphatic heterocycles. The Bertz CT molecular complexity index is 72.1. The predicted octanol–water partition coefficient (Wildman–Crippen LogP) is -0.0537. The summed E-state index contributed by atoms with van der Waals surface area (Å²) in [4.78, 5) is 3.54. The SMILES string of the molecule is CC.CC1C[SiH2]N[SiH](C)N1. The van der Waals surface area contributed by atoms with Gasteiger partial charge in [-0.3, -0.25) is 0 Å². The van der Waals surface area contributed by atoms with Gasteiger partial charge >= 0.3 is 0 Å². The highest BCUT2D eigenvalue weighted by atomic mass is 28.3. The highest BCUT2D eigenvalue weighted by Gasteiger charge is 2.13. The van der Waals surface area contributed by atoms with Crippen LogP contribution in [0.3, 0.4) is 0 Å². The van der Waals surface area contributed by atoms with E-state index in [1.165, 1.54) is 6.04 Å². The van der Waals surface area contributed by atoms with Gasteiger partial charge < -0.3 is 9.63 Å². The third-order valence-electron chi connectivity index (χ3n) is 1.56. The maximum atomic E-state index is 3.58. The normalized spacial score (nSPS) is 34.8. The molecule has 4 heteroatoms. The first-order valence-electron chi connectivity index (χ1n) is 4.28. The van der Waals surface area contributed by atoms with Gasteiger partial charge in [0.1, 0.15) is 0 Å². The summed E-state index contributed by atoms with van der Waals surface area (Å²) >= 11 is 0. The molecule has 2 atom stereocenters. The van der Waals surface area contributed by atoms with Crippen LogP contribution in [0.1, 0.15) is 20.8 Å². The molecule has 0 aromatic carbocycles. The molecule has 1 aliphatic rings. The molecule has 0 spiro atoms. The van der Waals surface area contributed by atoms with E-state index in [9.17, 15) is 0 Å². The second-order valence-corrected chi connectivity index (χ2v) is 7.02. The Balaban J connectivity index is 0.000000371. The van der Waals surface area contributed by atoms with Crippen LogP contribution in [0.25, 0.3) is 0 Å². The number of hydrogen-bond acceptors (Lipinski definition) is 2. The molecule has 62 valence electrons. The van der Waals surface area contributed by atoms with Crippen molar-refractivity contribution in [3.63, 3.8) is 0 Å². The van der Waals surface area contributed by atoms with Gasteiger partial charge in [-0.2, -0.15) is 0 Å². The smallest absolute Gasteiger partial charge is 0.174 e. The molecule has 0 aromatic heterocycles. The number of nitrogens with one attached hydrogen (secondary N) is 2. The van der Waals surface area contributed by atoms with Crippen LogP contribution in [0.4, 0.5) is 0 Å². The van der Waals surface area contributed by atoms with E-state index in [1.54, 1.807) is 0 Å². The first-order chi connectivity index (χ1) is 4.79. The quantitative estimate of drug-likeness (QED) is 0.506. The predicted molar refractivity (Wildman–Crippen MR) is 53.4 cm³/mol. The van der Waals surface area contributed by atoms with E-state index in [1.807, 2.05) is 13.8 Å². The van der Waals surface area contributed by atoms with E-state index in [2.05, 4.69) is 23.1 Å². The van der Waals surface area contributed by atoms with Gasteiger partial charge in [-0.25, -0.2) is 0 Å². The molecule has 2 unspecified atom stereocenters. The molecular weight excluding hydrogens is 156 g/mol. The van der Waals surface area contributed by atoms with Gasteiger partial charge in [-0.1, -0.05) is 20.8 Å². The Kier molecular flexibility index (Phi) is 6.30. The molecular formula is C6H20N2Si2. The lowest BCUT2D eigenvalue weighted by atomic mass is 10.4. The minimum atomic E-state index is -0.591. The van der Waals surface area contributed by atoms with Crippen LogP contribution in [0.5, 0.6) is 0 Å². The molecule has 2 nitrogen and oxygen atoms in total. The van der Waals surface area contributed by atoms with Crippen molar-refractivity contribution in [2.24, 2.45) is 0 Å². The van der Waals surface area contributed by atoms with Crippen molar-refractivity contribution in [3.05, 3.63) is 0 Å². The summed E-state index contributed by atoms with van der Waals surface area (Å²) in [6.07, 6.45) is 0. The van der Waals surface area contributed by atoms with Crippen LogP contribution in [0.15, 0.2) is 0 Å². The van der Waals surface area contributed by atoms with Crippen molar-refractivity contribution >= 4 is 18.8 Å². The molecule has 0 radical (unpaired) electrons. The van der Waals surface area contributed by atoms with Crippen molar-refractivity contribution in [1.29, 1.82) is 0 Å².